The molecule has 0 atom stereocenters. The molecule has 45 heavy (non-hydrogen) atoms. The van der Waals surface area contributed by atoms with Crippen LogP contribution in [0.1, 0.15) is 34.1 Å². The van der Waals surface area contributed by atoms with Gasteiger partial charge in [0, 0.05) is 0 Å². The monoisotopic (exact) mass is 704 g/mol. The largest absolute Gasteiger partial charge is 0.505 e. The van der Waals surface area contributed by atoms with Crippen molar-refractivity contribution in [3.8, 4) is 11.5 Å². The van der Waals surface area contributed by atoms with Gasteiger partial charge in [-0.15, -0.1) is 0 Å². The number of benzene rings is 2. The molecule has 24 heteroatoms. The molecule has 2 rings (SSSR count). The number of rotatable bonds is 3. The molecule has 2 aromatic rings. The van der Waals surface area contributed by atoms with Crippen molar-refractivity contribution in [2.45, 2.75) is 54.8 Å². The summed E-state index contributed by atoms with van der Waals surface area (Å²) in [4.78, 5) is 0. The molecule has 0 saturated heterocycles. The summed E-state index contributed by atoms with van der Waals surface area (Å²) < 4.78 is 251. The zero-order valence-corrected chi connectivity index (χ0v) is 20.6. The number of nitrogen functional groups attached to an aromatic ring is 2. The Labute approximate surface area is 234 Å². The van der Waals surface area contributed by atoms with Crippen LogP contribution in [0.15, 0.2) is 24.3 Å². The summed E-state index contributed by atoms with van der Waals surface area (Å²) in [7, 11) is 0. The van der Waals surface area contributed by atoms with Gasteiger partial charge >= 0.3 is 43.0 Å². The Balaban J connectivity index is 0.000000454. The number of aromatic hydroxyl groups is 2. The third-order valence-corrected chi connectivity index (χ3v) is 5.30. The minimum atomic E-state index is -6.39. The van der Waals surface area contributed by atoms with Crippen LogP contribution in [0.3, 0.4) is 0 Å². The number of anilines is 2. The second kappa shape index (κ2) is 11.9. The Morgan fingerprint density at radius 2 is 0.711 bits per heavy atom. The second-order valence-corrected chi connectivity index (χ2v) is 8.61. The van der Waals surface area contributed by atoms with Gasteiger partial charge in [-0.3, -0.25) is 0 Å². The highest BCUT2D eigenvalue weighted by atomic mass is 19.4. The van der Waals surface area contributed by atoms with Crippen molar-refractivity contribution < 1.29 is 98.0 Å². The maximum Gasteiger partial charge on any atom is 0.458 e. The Morgan fingerprint density at radius 3 is 0.956 bits per heavy atom. The first-order chi connectivity index (χ1) is 19.6. The van der Waals surface area contributed by atoms with E-state index in [4.69, 9.17) is 21.7 Å². The van der Waals surface area contributed by atoms with E-state index in [9.17, 15) is 87.8 Å². The Morgan fingerprint density at radius 1 is 0.444 bits per heavy atom. The molecule has 4 nitrogen and oxygen atoms in total. The summed E-state index contributed by atoms with van der Waals surface area (Å²) in [6.07, 6.45) is -35.6. The number of hydrogen-bond acceptors (Lipinski definition) is 4. The highest BCUT2D eigenvalue weighted by Gasteiger charge is 2.62. The fraction of sp³-hybridized carbons (Fsp3) is 0.429. The van der Waals surface area contributed by atoms with Crippen LogP contribution in [0.2, 0.25) is 0 Å². The van der Waals surface area contributed by atoms with Crippen molar-refractivity contribution in [2.24, 2.45) is 0 Å². The van der Waals surface area contributed by atoms with E-state index in [0.29, 0.717) is 0 Å². The maximum absolute atomic E-state index is 13.2. The lowest BCUT2D eigenvalue weighted by Crippen LogP contribution is -2.36. The number of alkyl halides is 20. The summed E-state index contributed by atoms with van der Waals surface area (Å²) in [5.41, 5.74) is -1.42. The van der Waals surface area contributed by atoms with Gasteiger partial charge in [0.2, 0.25) is 0 Å². The molecule has 0 unspecified atom stereocenters. The molecule has 0 fully saturated rings. The number of phenols is 2. The molecule has 0 saturated carbocycles. The SMILES string of the molecule is Nc1cc(C(C(F)(F)F)C(F)(F)F)cc(C(F)(F)C(F)(F)F)c1O.Nc1cc(C(C(F)(F)F)C(F)(F)F)cc(C(F)(F)F)c1O. The zero-order valence-electron chi connectivity index (χ0n) is 20.6. The van der Waals surface area contributed by atoms with E-state index >= 15 is 0 Å². The fourth-order valence-electron chi connectivity index (χ4n) is 3.43. The van der Waals surface area contributed by atoms with Crippen molar-refractivity contribution >= 4 is 11.4 Å². The van der Waals surface area contributed by atoms with E-state index in [0.717, 1.165) is 0 Å². The summed E-state index contributed by atoms with van der Waals surface area (Å²) in [6, 6.07) is -1.30. The zero-order chi connectivity index (χ0) is 36.1. The molecule has 0 aliphatic heterocycles. The van der Waals surface area contributed by atoms with Gasteiger partial charge in [-0.25, -0.2) is 0 Å². The molecular weight excluding hydrogens is 692 g/mol. The minimum absolute atomic E-state index is 0.0101. The molecule has 0 bridgehead atoms. The quantitative estimate of drug-likeness (QED) is 0.146. The second-order valence-electron chi connectivity index (χ2n) is 8.61. The van der Waals surface area contributed by atoms with Gasteiger partial charge < -0.3 is 21.7 Å². The fourth-order valence-corrected chi connectivity index (χ4v) is 3.43. The summed E-state index contributed by atoms with van der Waals surface area (Å²) in [6.45, 7) is 0. The molecule has 2 aromatic carbocycles. The van der Waals surface area contributed by atoms with Crippen LogP contribution in [-0.2, 0) is 12.1 Å². The lowest BCUT2D eigenvalue weighted by Gasteiger charge is -2.26. The predicted octanol–water partition coefficient (Wildman–Crippen LogP) is 9.04. The molecule has 0 aliphatic carbocycles. The standard InChI is InChI=1S/C11H6F11NO.C10H6F9NO/c12-8(13,11(20,21)22)4-1-3(2-5(23)6(4)24)7(9(14,15)16)10(17,18)19;11-8(12,13)4-1-3(2-5(20)6(4)21)7(9(14,15)16)10(17,18)19/h1-2,7,24H,23H2;1-2,7,21H,20H2. The van der Waals surface area contributed by atoms with Crippen molar-refractivity contribution in [1.29, 1.82) is 0 Å². The van der Waals surface area contributed by atoms with Crippen molar-refractivity contribution in [3.63, 3.8) is 0 Å². The lowest BCUT2D eigenvalue weighted by atomic mass is 9.92. The first-order valence-electron chi connectivity index (χ1n) is 10.6. The highest BCUT2D eigenvalue weighted by molar-refractivity contribution is 5.61. The normalized spacial score (nSPS) is 14.1. The van der Waals surface area contributed by atoms with Crippen LogP contribution in [-0.4, -0.2) is 41.1 Å². The van der Waals surface area contributed by atoms with Gasteiger partial charge in [-0.2, -0.15) is 87.8 Å². The summed E-state index contributed by atoms with van der Waals surface area (Å²) in [5, 5.41) is 18.2. The minimum Gasteiger partial charge on any atom is -0.505 e. The maximum atomic E-state index is 13.2. The van der Waals surface area contributed by atoms with Crippen LogP contribution in [0.25, 0.3) is 0 Å². The molecule has 0 spiro atoms. The van der Waals surface area contributed by atoms with E-state index in [1.807, 2.05) is 0 Å². The Hall–Kier alpha value is -3.76. The predicted molar refractivity (Wildman–Crippen MR) is 110 cm³/mol. The van der Waals surface area contributed by atoms with Crippen molar-refractivity contribution in [3.05, 3.63) is 46.5 Å². The topological polar surface area (TPSA) is 92.5 Å². The van der Waals surface area contributed by atoms with Crippen LogP contribution < -0.4 is 11.5 Å². The third-order valence-electron chi connectivity index (χ3n) is 5.30. The van der Waals surface area contributed by atoms with Gasteiger partial charge in [0.05, 0.1) is 22.5 Å². The Kier molecular flexibility index (Phi) is 10.4. The Bertz CT molecular complexity index is 1320. The molecule has 0 aromatic heterocycles. The van der Waals surface area contributed by atoms with Gasteiger partial charge in [0.25, 0.3) is 0 Å². The highest BCUT2D eigenvalue weighted by Crippen LogP contribution is 2.53. The van der Waals surface area contributed by atoms with E-state index in [1.165, 1.54) is 0 Å². The number of hydrogen-bond donors (Lipinski definition) is 4. The first-order valence-corrected chi connectivity index (χ1v) is 10.6. The van der Waals surface area contributed by atoms with Crippen molar-refractivity contribution in [2.75, 3.05) is 11.5 Å². The molecule has 0 radical (unpaired) electrons. The van der Waals surface area contributed by atoms with Crippen LogP contribution in [0.5, 0.6) is 11.5 Å². The average molecular weight is 704 g/mol. The number of nitrogens with two attached hydrogens (primary N) is 2. The van der Waals surface area contributed by atoms with Gasteiger partial charge in [-0.1, -0.05) is 0 Å². The van der Waals surface area contributed by atoms with Crippen LogP contribution in [0.4, 0.5) is 99.2 Å². The average Bonchev–Trinajstić information content (AvgIpc) is 2.73. The molecular formula is C21H12F20N2O2. The lowest BCUT2D eigenvalue weighted by molar-refractivity contribution is -0.289. The molecule has 0 heterocycles. The summed E-state index contributed by atoms with van der Waals surface area (Å²) in [5.74, 6) is -18.0. The van der Waals surface area contributed by atoms with Crippen LogP contribution in [0, 0.1) is 0 Å². The first kappa shape index (κ1) is 39.3. The van der Waals surface area contributed by atoms with Crippen molar-refractivity contribution in [1.82, 2.24) is 0 Å². The third kappa shape index (κ3) is 8.92. The van der Waals surface area contributed by atoms with Gasteiger partial charge in [0.15, 0.2) is 17.6 Å². The van der Waals surface area contributed by atoms with E-state index in [1.54, 1.807) is 0 Å². The molecule has 0 aliphatic rings. The number of phenolic OH excluding ortho intramolecular Hbond substituents is 2. The summed E-state index contributed by atoms with van der Waals surface area (Å²) >= 11 is 0. The van der Waals surface area contributed by atoms with Gasteiger partial charge in [-0.05, 0) is 35.4 Å². The smallest absolute Gasteiger partial charge is 0.458 e. The van der Waals surface area contributed by atoms with Gasteiger partial charge in [0.1, 0.15) is 5.75 Å². The molecule has 258 valence electrons. The molecule has 0 amide bonds. The molecule has 6 N–H and O–H groups in total. The van der Waals surface area contributed by atoms with E-state index in [-0.39, 0.29) is 12.1 Å². The van der Waals surface area contributed by atoms with Crippen LogP contribution >= 0.6 is 0 Å². The van der Waals surface area contributed by atoms with E-state index in [2.05, 4.69) is 0 Å². The number of halogens is 20. The van der Waals surface area contributed by atoms with E-state index < -0.39 is 112 Å².